The quantitative estimate of drug-likeness (QED) is 0.733. The zero-order chi connectivity index (χ0) is 9.97. The first-order valence-corrected chi connectivity index (χ1v) is 5.22. The molecule has 0 N–H and O–H groups in total. The van der Waals surface area contributed by atoms with E-state index in [0.29, 0.717) is 15.5 Å². The minimum absolute atomic E-state index is 0.0712. The van der Waals surface area contributed by atoms with Crippen LogP contribution >= 0.6 is 22.9 Å². The Morgan fingerprint density at radius 2 is 2.29 bits per heavy atom. The summed E-state index contributed by atoms with van der Waals surface area (Å²) < 4.78 is 0. The Kier molecular flexibility index (Phi) is 2.61. The molecule has 2 rings (SSSR count). The number of hydrogen-bond acceptors (Lipinski definition) is 3. The van der Waals surface area contributed by atoms with Gasteiger partial charge in [-0.1, -0.05) is 11.6 Å². The second-order valence-corrected chi connectivity index (χ2v) is 3.99. The Hall–Kier alpha value is -1.19. The maximum Gasteiger partial charge on any atom is 0.206 e. The number of thiophene rings is 1. The highest BCUT2D eigenvalue weighted by Gasteiger charge is 2.13. The van der Waals surface area contributed by atoms with Gasteiger partial charge in [0.2, 0.25) is 5.78 Å². The summed E-state index contributed by atoms with van der Waals surface area (Å²) >= 11 is 7.20. The van der Waals surface area contributed by atoms with Crippen molar-refractivity contribution in [2.24, 2.45) is 0 Å². The van der Waals surface area contributed by atoms with Crippen LogP contribution in [0.5, 0.6) is 0 Å². The summed E-state index contributed by atoms with van der Waals surface area (Å²) in [5.41, 5.74) is 0.567. The number of rotatable bonds is 2. The average Bonchev–Trinajstić information content (AvgIpc) is 2.65. The second kappa shape index (κ2) is 3.90. The second-order valence-electron chi connectivity index (χ2n) is 2.67. The molecule has 2 heterocycles. The Morgan fingerprint density at radius 1 is 1.43 bits per heavy atom. The molecule has 0 aliphatic heterocycles. The molecule has 0 fully saturated rings. The van der Waals surface area contributed by atoms with Crippen molar-refractivity contribution in [3.05, 3.63) is 51.4 Å². The third-order valence-electron chi connectivity index (χ3n) is 1.75. The van der Waals surface area contributed by atoms with Crippen molar-refractivity contribution in [2.45, 2.75) is 0 Å². The molecule has 0 spiro atoms. The van der Waals surface area contributed by atoms with Crippen molar-refractivity contribution in [2.75, 3.05) is 0 Å². The molecule has 0 saturated carbocycles. The van der Waals surface area contributed by atoms with Gasteiger partial charge in [-0.25, -0.2) is 0 Å². The number of aromatic nitrogens is 1. The standard InChI is InChI=1S/C10H6ClNOS/c11-8-3-5-14-10(8)9(13)7-2-1-4-12-6-7/h1-6H. The van der Waals surface area contributed by atoms with Gasteiger partial charge in [-0.3, -0.25) is 9.78 Å². The molecule has 0 aliphatic rings. The van der Waals surface area contributed by atoms with E-state index in [0.717, 1.165) is 0 Å². The zero-order valence-electron chi connectivity index (χ0n) is 7.11. The highest BCUT2D eigenvalue weighted by Crippen LogP contribution is 2.24. The average molecular weight is 224 g/mol. The molecular formula is C10H6ClNOS. The molecule has 0 bridgehead atoms. The molecule has 70 valence electrons. The maximum absolute atomic E-state index is 11.8. The van der Waals surface area contributed by atoms with Crippen LogP contribution in [-0.4, -0.2) is 10.8 Å². The zero-order valence-corrected chi connectivity index (χ0v) is 8.68. The van der Waals surface area contributed by atoms with Gasteiger partial charge in [0, 0.05) is 18.0 Å². The number of hydrogen-bond donors (Lipinski definition) is 0. The molecule has 2 aromatic rings. The van der Waals surface area contributed by atoms with E-state index in [2.05, 4.69) is 4.98 Å². The van der Waals surface area contributed by atoms with Gasteiger partial charge in [0.05, 0.1) is 9.90 Å². The fraction of sp³-hybridized carbons (Fsp3) is 0. The first-order valence-electron chi connectivity index (χ1n) is 3.97. The molecule has 0 unspecified atom stereocenters. The Balaban J connectivity index is 2.39. The maximum atomic E-state index is 11.8. The molecule has 14 heavy (non-hydrogen) atoms. The van der Waals surface area contributed by atoms with Crippen molar-refractivity contribution in [1.82, 2.24) is 4.98 Å². The Labute approximate surface area is 90.2 Å². The summed E-state index contributed by atoms with van der Waals surface area (Å²) in [6.07, 6.45) is 3.17. The third-order valence-corrected chi connectivity index (χ3v) is 3.09. The topological polar surface area (TPSA) is 30.0 Å². The van der Waals surface area contributed by atoms with Gasteiger partial charge in [0.15, 0.2) is 0 Å². The number of ketones is 1. The van der Waals surface area contributed by atoms with Crippen molar-refractivity contribution >= 4 is 28.7 Å². The molecule has 0 aliphatic carbocycles. The van der Waals surface area contributed by atoms with Crippen molar-refractivity contribution in [3.63, 3.8) is 0 Å². The molecule has 2 aromatic heterocycles. The van der Waals surface area contributed by atoms with Crippen LogP contribution in [-0.2, 0) is 0 Å². The molecule has 4 heteroatoms. The van der Waals surface area contributed by atoms with Crippen molar-refractivity contribution in [1.29, 1.82) is 0 Å². The summed E-state index contributed by atoms with van der Waals surface area (Å²) in [7, 11) is 0. The van der Waals surface area contributed by atoms with Gasteiger partial charge < -0.3 is 0 Å². The van der Waals surface area contributed by atoms with E-state index < -0.39 is 0 Å². The number of halogens is 1. The normalized spacial score (nSPS) is 10.1. The van der Waals surface area contributed by atoms with Crippen LogP contribution in [0.25, 0.3) is 0 Å². The van der Waals surface area contributed by atoms with E-state index >= 15 is 0 Å². The van der Waals surface area contributed by atoms with E-state index in [1.165, 1.54) is 11.3 Å². The van der Waals surface area contributed by atoms with Gasteiger partial charge in [0.25, 0.3) is 0 Å². The Morgan fingerprint density at radius 3 is 2.86 bits per heavy atom. The number of nitrogens with zero attached hydrogens (tertiary/aromatic N) is 1. The largest absolute Gasteiger partial charge is 0.288 e. The fourth-order valence-corrected chi connectivity index (χ4v) is 2.19. The molecule has 0 atom stereocenters. The SMILES string of the molecule is O=C(c1cccnc1)c1sccc1Cl. The van der Waals surface area contributed by atoms with Gasteiger partial charge in [-0.15, -0.1) is 11.3 Å². The lowest BCUT2D eigenvalue weighted by atomic mass is 10.1. The highest BCUT2D eigenvalue weighted by molar-refractivity contribution is 7.13. The van der Waals surface area contributed by atoms with E-state index in [1.54, 1.807) is 36.0 Å². The number of carbonyl (C=O) groups is 1. The fourth-order valence-electron chi connectivity index (χ4n) is 1.08. The summed E-state index contributed by atoms with van der Waals surface area (Å²) in [6.45, 7) is 0. The van der Waals surface area contributed by atoms with Crippen LogP contribution in [0.1, 0.15) is 15.2 Å². The van der Waals surface area contributed by atoms with Crippen molar-refractivity contribution < 1.29 is 4.79 Å². The molecule has 0 radical (unpaired) electrons. The third kappa shape index (κ3) is 1.69. The van der Waals surface area contributed by atoms with E-state index in [9.17, 15) is 4.79 Å². The highest BCUT2D eigenvalue weighted by atomic mass is 35.5. The van der Waals surface area contributed by atoms with Gasteiger partial charge in [-0.2, -0.15) is 0 Å². The van der Waals surface area contributed by atoms with Gasteiger partial charge in [0.1, 0.15) is 0 Å². The van der Waals surface area contributed by atoms with E-state index in [4.69, 9.17) is 11.6 Å². The summed E-state index contributed by atoms with van der Waals surface area (Å²) in [4.78, 5) is 16.3. The van der Waals surface area contributed by atoms with E-state index in [1.807, 2.05) is 0 Å². The van der Waals surface area contributed by atoms with Crippen LogP contribution in [0.3, 0.4) is 0 Å². The molecular weight excluding hydrogens is 218 g/mol. The smallest absolute Gasteiger partial charge is 0.206 e. The minimum atomic E-state index is -0.0712. The first kappa shape index (κ1) is 9.37. The summed E-state index contributed by atoms with van der Waals surface area (Å²) in [6, 6.07) is 5.18. The van der Waals surface area contributed by atoms with Crippen LogP contribution in [0.2, 0.25) is 5.02 Å². The number of carbonyl (C=O) groups excluding carboxylic acids is 1. The summed E-state index contributed by atoms with van der Waals surface area (Å²) in [5.74, 6) is -0.0712. The first-order chi connectivity index (χ1) is 6.79. The predicted octanol–water partition coefficient (Wildman–Crippen LogP) is 3.03. The van der Waals surface area contributed by atoms with Crippen LogP contribution in [0.4, 0.5) is 0 Å². The number of pyridine rings is 1. The Bertz CT molecular complexity index is 452. The predicted molar refractivity (Wildman–Crippen MR) is 57.0 cm³/mol. The molecule has 2 nitrogen and oxygen atoms in total. The lowest BCUT2D eigenvalue weighted by molar-refractivity contribution is 0.104. The molecule has 0 amide bonds. The molecule has 0 saturated heterocycles. The lowest BCUT2D eigenvalue weighted by Gasteiger charge is -1.96. The van der Waals surface area contributed by atoms with E-state index in [-0.39, 0.29) is 5.78 Å². The minimum Gasteiger partial charge on any atom is -0.288 e. The van der Waals surface area contributed by atoms with Gasteiger partial charge in [-0.05, 0) is 23.6 Å². The monoisotopic (exact) mass is 223 g/mol. The van der Waals surface area contributed by atoms with Crippen LogP contribution in [0, 0.1) is 0 Å². The van der Waals surface area contributed by atoms with Crippen molar-refractivity contribution in [3.8, 4) is 0 Å². The molecule has 0 aromatic carbocycles. The lowest BCUT2D eigenvalue weighted by Crippen LogP contribution is -1.99. The van der Waals surface area contributed by atoms with Gasteiger partial charge >= 0.3 is 0 Å². The van der Waals surface area contributed by atoms with Crippen LogP contribution in [0.15, 0.2) is 36.0 Å². The van der Waals surface area contributed by atoms with Crippen LogP contribution < -0.4 is 0 Å². The summed E-state index contributed by atoms with van der Waals surface area (Å²) in [5, 5.41) is 2.30.